The summed E-state index contributed by atoms with van der Waals surface area (Å²) in [7, 11) is 7.38. The van der Waals surface area contributed by atoms with Gasteiger partial charge in [-0.2, -0.15) is 0 Å². The van der Waals surface area contributed by atoms with Crippen LogP contribution in [0.25, 0.3) is 11.2 Å². The van der Waals surface area contributed by atoms with Gasteiger partial charge in [-0.15, -0.1) is 0 Å². The molecular formula is C20H27BN6O2. The molecule has 4 rings (SSSR count). The standard InChI is InChI=1S/C20H27BN6O2/c1-23-7-9-26(10-8-23)13-16-22-18-17(19(28)25(3)20(29)24(18)2)27(16)12-14-5-4-6-15(21)11-14/h4-6,11H,7-10,12-13,21H2,1-3H3. The first kappa shape index (κ1) is 19.7. The summed E-state index contributed by atoms with van der Waals surface area (Å²) in [5, 5.41) is 0. The normalized spacial score (nSPS) is 16.0. The van der Waals surface area contributed by atoms with Crippen LogP contribution in [0.2, 0.25) is 0 Å². The minimum Gasteiger partial charge on any atom is -0.317 e. The van der Waals surface area contributed by atoms with Gasteiger partial charge in [0, 0.05) is 46.8 Å². The SMILES string of the molecule is Bc1cccc(Cn2c(CN3CCN(C)CC3)nc3c2c(=O)n(C)c(=O)n3C)c1. The molecule has 0 saturated carbocycles. The molecule has 1 saturated heterocycles. The van der Waals surface area contributed by atoms with E-state index in [1.54, 1.807) is 7.05 Å². The second-order valence-electron chi connectivity index (χ2n) is 8.06. The van der Waals surface area contributed by atoms with Crippen molar-refractivity contribution >= 4 is 24.5 Å². The van der Waals surface area contributed by atoms with Gasteiger partial charge in [-0.3, -0.25) is 18.8 Å². The van der Waals surface area contributed by atoms with Crippen LogP contribution in [-0.2, 0) is 27.2 Å². The molecule has 2 aromatic heterocycles. The maximum absolute atomic E-state index is 13.0. The van der Waals surface area contributed by atoms with E-state index in [-0.39, 0.29) is 11.2 Å². The molecule has 0 spiro atoms. The van der Waals surface area contributed by atoms with Gasteiger partial charge < -0.3 is 9.47 Å². The van der Waals surface area contributed by atoms with Crippen LogP contribution in [0.1, 0.15) is 11.4 Å². The maximum Gasteiger partial charge on any atom is 0.332 e. The van der Waals surface area contributed by atoms with Gasteiger partial charge in [-0.1, -0.05) is 29.7 Å². The van der Waals surface area contributed by atoms with Gasteiger partial charge >= 0.3 is 5.69 Å². The zero-order valence-corrected chi connectivity index (χ0v) is 17.6. The monoisotopic (exact) mass is 394 g/mol. The van der Waals surface area contributed by atoms with Gasteiger partial charge in [0.25, 0.3) is 5.56 Å². The Morgan fingerprint density at radius 1 is 1.00 bits per heavy atom. The number of rotatable bonds is 4. The van der Waals surface area contributed by atoms with Crippen LogP contribution >= 0.6 is 0 Å². The van der Waals surface area contributed by atoms with E-state index in [4.69, 9.17) is 4.98 Å². The zero-order chi connectivity index (χ0) is 20.7. The Hall–Kier alpha value is -2.65. The molecule has 0 amide bonds. The molecule has 0 radical (unpaired) electrons. The predicted octanol–water partition coefficient (Wildman–Crippen LogP) is -1.51. The highest BCUT2D eigenvalue weighted by Crippen LogP contribution is 2.16. The summed E-state index contributed by atoms with van der Waals surface area (Å²) in [4.78, 5) is 34.8. The summed E-state index contributed by atoms with van der Waals surface area (Å²) in [5.41, 5.74) is 2.57. The van der Waals surface area contributed by atoms with Crippen molar-refractivity contribution in [2.75, 3.05) is 33.2 Å². The number of fused-ring (bicyclic) bond motifs is 1. The number of piperazine rings is 1. The average Bonchev–Trinajstić information content (AvgIpc) is 3.04. The molecule has 0 aliphatic carbocycles. The van der Waals surface area contributed by atoms with Crippen LogP contribution in [0.3, 0.4) is 0 Å². The lowest BCUT2D eigenvalue weighted by atomic mass is 9.94. The molecule has 0 bridgehead atoms. The van der Waals surface area contributed by atoms with Gasteiger partial charge in [0.2, 0.25) is 0 Å². The Morgan fingerprint density at radius 3 is 2.41 bits per heavy atom. The lowest BCUT2D eigenvalue weighted by Gasteiger charge is -2.32. The van der Waals surface area contributed by atoms with Crippen LogP contribution in [0.15, 0.2) is 33.9 Å². The van der Waals surface area contributed by atoms with Gasteiger partial charge in [-0.05, 0) is 12.6 Å². The van der Waals surface area contributed by atoms with Crippen molar-refractivity contribution in [3.8, 4) is 0 Å². The Bertz CT molecular complexity index is 1170. The molecule has 1 aliphatic heterocycles. The highest BCUT2D eigenvalue weighted by Gasteiger charge is 2.22. The summed E-state index contributed by atoms with van der Waals surface area (Å²) < 4.78 is 4.62. The highest BCUT2D eigenvalue weighted by atomic mass is 16.2. The number of hydrogen-bond acceptors (Lipinski definition) is 5. The Balaban J connectivity index is 1.84. The summed E-state index contributed by atoms with van der Waals surface area (Å²) >= 11 is 0. The molecule has 9 heteroatoms. The van der Waals surface area contributed by atoms with Gasteiger partial charge in [-0.25, -0.2) is 9.78 Å². The largest absolute Gasteiger partial charge is 0.332 e. The van der Waals surface area contributed by atoms with E-state index in [0.717, 1.165) is 42.1 Å². The predicted molar refractivity (Wildman–Crippen MR) is 117 cm³/mol. The molecule has 152 valence electrons. The maximum atomic E-state index is 13.0. The third-order valence-electron chi connectivity index (χ3n) is 5.81. The lowest BCUT2D eigenvalue weighted by Crippen LogP contribution is -2.44. The van der Waals surface area contributed by atoms with Crippen molar-refractivity contribution < 1.29 is 0 Å². The van der Waals surface area contributed by atoms with Crippen molar-refractivity contribution in [3.63, 3.8) is 0 Å². The average molecular weight is 394 g/mol. The number of aromatic nitrogens is 4. The van der Waals surface area contributed by atoms with Crippen molar-refractivity contribution in [2.24, 2.45) is 14.1 Å². The van der Waals surface area contributed by atoms with Gasteiger partial charge in [0.15, 0.2) is 11.2 Å². The second kappa shape index (κ2) is 7.64. The zero-order valence-electron chi connectivity index (χ0n) is 17.6. The molecule has 3 heterocycles. The number of likely N-dealkylation sites (N-methyl/N-ethyl adjacent to an activating group) is 1. The number of benzene rings is 1. The molecule has 8 nitrogen and oxygen atoms in total. The molecule has 1 aliphatic rings. The molecular weight excluding hydrogens is 367 g/mol. The van der Waals surface area contributed by atoms with E-state index in [1.165, 1.54) is 17.1 Å². The Kier molecular flexibility index (Phi) is 5.18. The van der Waals surface area contributed by atoms with Crippen molar-refractivity contribution in [2.45, 2.75) is 13.1 Å². The highest BCUT2D eigenvalue weighted by molar-refractivity contribution is 6.32. The third kappa shape index (κ3) is 3.67. The smallest absolute Gasteiger partial charge is 0.317 e. The van der Waals surface area contributed by atoms with E-state index < -0.39 is 0 Å². The molecule has 1 fully saturated rings. The number of hydrogen-bond donors (Lipinski definition) is 0. The number of aryl methyl sites for hydroxylation is 1. The fraction of sp³-hybridized carbons (Fsp3) is 0.450. The molecule has 0 N–H and O–H groups in total. The van der Waals surface area contributed by atoms with Crippen LogP contribution in [0, 0.1) is 0 Å². The first-order valence-corrected chi connectivity index (χ1v) is 9.96. The number of nitrogens with zero attached hydrogens (tertiary/aromatic N) is 6. The molecule has 0 atom stereocenters. The molecule has 29 heavy (non-hydrogen) atoms. The quantitative estimate of drug-likeness (QED) is 0.504. The minimum absolute atomic E-state index is 0.298. The summed E-state index contributed by atoms with van der Waals surface area (Å²) in [5.74, 6) is 0.823. The summed E-state index contributed by atoms with van der Waals surface area (Å²) in [6, 6.07) is 8.27. The van der Waals surface area contributed by atoms with Crippen LogP contribution in [0.5, 0.6) is 0 Å². The Labute approximate surface area is 170 Å². The van der Waals surface area contributed by atoms with Gasteiger partial charge in [0.1, 0.15) is 13.7 Å². The van der Waals surface area contributed by atoms with E-state index in [9.17, 15) is 9.59 Å². The van der Waals surface area contributed by atoms with Crippen molar-refractivity contribution in [1.82, 2.24) is 28.5 Å². The van der Waals surface area contributed by atoms with E-state index >= 15 is 0 Å². The minimum atomic E-state index is -0.353. The molecule has 1 aromatic carbocycles. The summed E-state index contributed by atoms with van der Waals surface area (Å²) in [6.45, 7) is 5.15. The van der Waals surface area contributed by atoms with Crippen LogP contribution in [-0.4, -0.2) is 69.6 Å². The van der Waals surface area contributed by atoms with Crippen LogP contribution < -0.4 is 16.7 Å². The van der Waals surface area contributed by atoms with E-state index in [1.807, 2.05) is 10.6 Å². The summed E-state index contributed by atoms with van der Waals surface area (Å²) in [6.07, 6.45) is 0. The van der Waals surface area contributed by atoms with Crippen LogP contribution in [0.4, 0.5) is 0 Å². The molecule has 0 unspecified atom stereocenters. The van der Waals surface area contributed by atoms with Crippen molar-refractivity contribution in [1.29, 1.82) is 0 Å². The fourth-order valence-corrected chi connectivity index (χ4v) is 3.98. The van der Waals surface area contributed by atoms with Crippen molar-refractivity contribution in [3.05, 3.63) is 56.5 Å². The molecule has 3 aromatic rings. The fourth-order valence-electron chi connectivity index (χ4n) is 3.98. The second-order valence-corrected chi connectivity index (χ2v) is 8.06. The lowest BCUT2D eigenvalue weighted by molar-refractivity contribution is 0.144. The first-order chi connectivity index (χ1) is 13.8. The van der Waals surface area contributed by atoms with E-state index in [2.05, 4.69) is 42.9 Å². The third-order valence-corrected chi connectivity index (χ3v) is 5.81. The van der Waals surface area contributed by atoms with E-state index in [0.29, 0.717) is 24.3 Å². The number of imidazole rings is 1. The topological polar surface area (TPSA) is 68.3 Å². The Morgan fingerprint density at radius 2 is 1.72 bits per heavy atom. The van der Waals surface area contributed by atoms with Gasteiger partial charge in [0.05, 0.1) is 6.54 Å². The first-order valence-electron chi connectivity index (χ1n) is 9.96.